The van der Waals surface area contributed by atoms with Crippen LogP contribution in [0.4, 0.5) is 15.4 Å². The van der Waals surface area contributed by atoms with Gasteiger partial charge in [0, 0.05) is 87.0 Å². The van der Waals surface area contributed by atoms with Gasteiger partial charge in [-0.3, -0.25) is 18.9 Å². The summed E-state index contributed by atoms with van der Waals surface area (Å²) >= 11 is 32.4. The molecular formula is C50H65Br4Cl4N17NaO8P. The van der Waals surface area contributed by atoms with Crippen molar-refractivity contribution in [3.8, 4) is 5.88 Å². The Morgan fingerprint density at radius 2 is 1.14 bits per heavy atom. The standard InChI is InChI=1S/C17H24BrN5O2.C11H22N2O2.C6H3BrClN3.C6H4BrN3O.C6H8N2O2.C4H5BrN2.Cl3OP.Na/c1-17(2,3)25-16(24)20-12-7-5-4-6-11(12)19-14-8-9-23-15(21-14)10-13(18)22-23;1-11(2,3)15-10(14)13-9-7-5-4-6-8(9)12;7-4-3-6-9-5(8)1-2-11(6)10-4;7-4-3-5-8-6(11)1-2-10(5)9-4;1-7-4-3-5(9)8(2)6(7)10;5-4-1-3(6)2-7-4;1-5(2,3)4;/h8-12H,4-7H2,1-3H3,(H,19,21)(H,20,24);8-9H,4-7,12H2,1-3H3,(H,13,14);1-3H;1-3H,(H,8,11);3-4H,1-2H3;1H,2,6H2;;/q;;;;;;;+1/p-1/t11-,12+;8-,9+;;;;;;/m11....../s1. The topological polar surface area (TPSA) is 328 Å². The number of amides is 2. The number of ether oxygens (including phenoxy) is 2. The zero-order valence-electron chi connectivity index (χ0n) is 47.9. The van der Waals surface area contributed by atoms with Crippen molar-refractivity contribution < 1.29 is 58.3 Å². The number of carbonyl (C=O) groups excluding carboxylic acids is 2. The monoisotopic (exact) mass is 1540 g/mol. The van der Waals surface area contributed by atoms with Gasteiger partial charge in [0.2, 0.25) is 0 Å². The van der Waals surface area contributed by atoms with E-state index >= 15 is 0 Å². The summed E-state index contributed by atoms with van der Waals surface area (Å²) in [4.78, 5) is 61.5. The summed E-state index contributed by atoms with van der Waals surface area (Å²) in [6.45, 7) is 11.8. The molecule has 0 aromatic carbocycles. The van der Waals surface area contributed by atoms with Crippen LogP contribution >= 0.6 is 114 Å². The van der Waals surface area contributed by atoms with Gasteiger partial charge in [-0.25, -0.2) is 42.9 Å². The number of nitrogens with two attached hydrogens (primary N) is 2. The van der Waals surface area contributed by atoms with Crippen molar-refractivity contribution in [1.82, 2.24) is 63.6 Å². The molecule has 0 saturated heterocycles. The molecule has 0 radical (unpaired) electrons. The first kappa shape index (κ1) is 75.4. The van der Waals surface area contributed by atoms with Gasteiger partial charge in [-0.1, -0.05) is 37.3 Å². The maximum atomic E-state index is 12.1. The van der Waals surface area contributed by atoms with E-state index in [4.69, 9.17) is 32.5 Å². The van der Waals surface area contributed by atoms with Crippen molar-refractivity contribution in [3.05, 3.63) is 119 Å². The number of fused-ring (bicyclic) bond motifs is 3. The third-order valence-electron chi connectivity index (χ3n) is 11.2. The molecule has 2 saturated carbocycles. The van der Waals surface area contributed by atoms with Crippen molar-refractivity contribution in [2.24, 2.45) is 30.6 Å². The molecule has 35 heteroatoms. The number of aliphatic imine (C=N–C) groups is 1. The van der Waals surface area contributed by atoms with Gasteiger partial charge in [0.25, 0.3) is 5.56 Å². The molecule has 7 aromatic heterocycles. The summed E-state index contributed by atoms with van der Waals surface area (Å²) in [5, 5.41) is 29.6. The van der Waals surface area contributed by atoms with Gasteiger partial charge in [0.15, 0.2) is 16.9 Å². The van der Waals surface area contributed by atoms with Gasteiger partial charge in [0.05, 0.1) is 12.6 Å². The smallest absolute Gasteiger partial charge is 0.859 e. The van der Waals surface area contributed by atoms with Crippen molar-refractivity contribution in [2.75, 3.05) is 11.9 Å². The van der Waals surface area contributed by atoms with Crippen molar-refractivity contribution in [3.63, 3.8) is 0 Å². The second-order valence-electron chi connectivity index (χ2n) is 20.5. The molecule has 1 aliphatic heterocycles. The largest absolute Gasteiger partial charge is 1.00 e. The van der Waals surface area contributed by atoms with Crippen LogP contribution in [0.1, 0.15) is 92.9 Å². The fraction of sp³-hybridized carbons (Fsp3) is 0.460. The molecule has 2 amide bonds. The number of anilines is 1. The fourth-order valence-corrected chi connectivity index (χ4v) is 9.30. The molecule has 7 N–H and O–H groups in total. The maximum absolute atomic E-state index is 12.1. The summed E-state index contributed by atoms with van der Waals surface area (Å²) in [5.41, 5.74) is 12.6. The van der Waals surface area contributed by atoms with Crippen LogP contribution in [0.5, 0.6) is 5.88 Å². The second-order valence-corrected chi connectivity index (χ2v) is 30.8. The van der Waals surface area contributed by atoms with E-state index < -0.39 is 16.4 Å². The van der Waals surface area contributed by atoms with Crippen LogP contribution in [0.3, 0.4) is 0 Å². The van der Waals surface area contributed by atoms with Crippen LogP contribution in [-0.2, 0) is 28.1 Å². The Morgan fingerprint density at radius 1 is 0.694 bits per heavy atom. The van der Waals surface area contributed by atoms with Gasteiger partial charge in [-0.15, -0.1) is 0 Å². The number of hydrogen-bond acceptors (Lipinski definition) is 18. The van der Waals surface area contributed by atoms with Gasteiger partial charge in [-0.2, -0.15) is 15.3 Å². The van der Waals surface area contributed by atoms with Gasteiger partial charge >= 0.3 is 52.6 Å². The van der Waals surface area contributed by atoms with Crippen LogP contribution in [0.25, 0.3) is 16.9 Å². The van der Waals surface area contributed by atoms with E-state index in [0.717, 1.165) is 92.6 Å². The third-order valence-corrected chi connectivity index (χ3v) is 13.1. The van der Waals surface area contributed by atoms with Gasteiger partial charge < -0.3 is 46.6 Å². The first-order valence-corrected chi connectivity index (χ1v) is 33.6. The first-order chi connectivity index (χ1) is 39.1. The number of hydrogen-bond donors (Lipinski definition) is 5. The van der Waals surface area contributed by atoms with Gasteiger partial charge in [-0.05, 0) is 195 Å². The molecule has 25 nitrogen and oxygen atoms in total. The first-order valence-electron chi connectivity index (χ1n) is 25.6. The number of halogens is 8. The van der Waals surface area contributed by atoms with E-state index in [-0.39, 0.29) is 83.0 Å². The number of nitrogens with one attached hydrogen (secondary N) is 3. The number of carbonyl (C=O) groups is 2. The van der Waals surface area contributed by atoms with E-state index in [1.165, 1.54) is 34.5 Å². The average Bonchev–Trinajstić information content (AvgIpc) is 4.42. The Kier molecular flexibility index (Phi) is 31.4. The molecule has 7 aromatic rings. The van der Waals surface area contributed by atoms with Crippen LogP contribution in [0, 0.1) is 0 Å². The van der Waals surface area contributed by atoms with E-state index in [1.807, 2.05) is 59.9 Å². The third kappa shape index (κ3) is 29.4. The molecule has 3 aliphatic rings. The molecule has 0 unspecified atom stereocenters. The van der Waals surface area contributed by atoms with Crippen molar-refractivity contribution in [1.29, 1.82) is 0 Å². The zero-order chi connectivity index (χ0) is 62.7. The maximum Gasteiger partial charge on any atom is 1.00 e. The molecule has 4 atom stereocenters. The number of alkyl carbamates (subject to hydrolysis) is 2. The van der Waals surface area contributed by atoms with E-state index in [9.17, 15) is 28.8 Å². The minimum absolute atomic E-state index is 0. The predicted molar refractivity (Wildman–Crippen MR) is 341 cm³/mol. The predicted octanol–water partition coefficient (Wildman–Crippen LogP) is 7.77. The van der Waals surface area contributed by atoms with E-state index in [0.29, 0.717) is 21.9 Å². The van der Waals surface area contributed by atoms with Crippen LogP contribution in [0.2, 0.25) is 5.15 Å². The number of allylic oxidation sites excluding steroid dienone is 1. The van der Waals surface area contributed by atoms with Gasteiger partial charge in [0.1, 0.15) is 40.6 Å². The minimum atomic E-state index is -3.22. The Morgan fingerprint density at radius 3 is 1.60 bits per heavy atom. The Hall–Kier alpha value is -3.84. The normalized spacial score (nSPS) is 17.2. The second kappa shape index (κ2) is 35.4. The molecule has 0 spiro atoms. The molecule has 85 heavy (non-hydrogen) atoms. The molecule has 2 aliphatic carbocycles. The molecule has 8 heterocycles. The quantitative estimate of drug-likeness (QED) is 0.0638. The molecule has 10 rings (SSSR count). The van der Waals surface area contributed by atoms with Crippen molar-refractivity contribution in [2.45, 2.75) is 128 Å². The fourth-order valence-electron chi connectivity index (χ4n) is 7.61. The Labute approximate surface area is 565 Å². The van der Waals surface area contributed by atoms with Crippen LogP contribution < -0.4 is 73.3 Å². The van der Waals surface area contributed by atoms with Crippen LogP contribution in [-0.4, -0.2) is 112 Å². The minimum Gasteiger partial charge on any atom is -0.859 e. The number of nitrogens with zero attached hydrogens (tertiary/aromatic N) is 12. The summed E-state index contributed by atoms with van der Waals surface area (Å²) < 4.78 is 30.4. The van der Waals surface area contributed by atoms with E-state index in [2.05, 4.69) is 149 Å². The Bertz CT molecular complexity index is 3470. The van der Waals surface area contributed by atoms with Crippen LogP contribution in [0.15, 0.2) is 107 Å². The summed E-state index contributed by atoms with van der Waals surface area (Å²) in [7, 11) is 3.05. The van der Waals surface area contributed by atoms with E-state index in [1.54, 1.807) is 52.7 Å². The zero-order valence-corrected chi connectivity index (χ0v) is 60.1. The average molecular weight is 1550 g/mol. The SMILES string of the molecule is CC(C)(C)OC(=O)N[C@H]1CCCC[C@H]1N.CC(C)(C)OC(=O)N[C@H]1CCCC[C@H]1Nc1ccn2nc(Br)cc2n1.Clc1ccn2nc(Br)cc2n1.Cn1ccc(=O)n(C)c1=O.NC1=CC(Br)=NC1.O=P(Cl)(Cl)Cl.[Na+].[O-]c1ccn2nc(Br)cc2n1. The molecule has 2 fully saturated rings. The number of rotatable bonds is 4. The molecule has 0 bridgehead atoms. The summed E-state index contributed by atoms with van der Waals surface area (Å²) in [5.74, 6) is 0.535. The number of aromatic nitrogens is 11. The molecular weight excluding hydrogens is 1480 g/mol. The number of aryl methyl sites for hydroxylation is 1. The Balaban J connectivity index is 0.000000274. The molecule has 460 valence electrons. The summed E-state index contributed by atoms with van der Waals surface area (Å²) in [6.07, 6.45) is 16.1. The van der Waals surface area contributed by atoms with Crippen molar-refractivity contribution >= 4 is 154 Å². The summed E-state index contributed by atoms with van der Waals surface area (Å²) in [6, 6.07) is 11.9.